The lowest BCUT2D eigenvalue weighted by Crippen LogP contribution is -2.26. The standard InChI is InChI=1S/C23H30N2O3S2/c26-22(25-23-24-9-14-29-23)21(15-17-5-10-27-11-6-17)19-1-3-20(4-2-19)30-16-18-7-12-28-13-8-18/h1-4,9,14,17-18,21H,5-8,10-13,15-16H2,(H,24,25,26). The molecule has 1 atom stereocenters. The number of thioether (sulfide) groups is 1. The van der Waals surface area contributed by atoms with Gasteiger partial charge in [0.25, 0.3) is 0 Å². The monoisotopic (exact) mass is 446 g/mol. The average molecular weight is 447 g/mol. The summed E-state index contributed by atoms with van der Waals surface area (Å²) in [4.78, 5) is 18.6. The first kappa shape index (κ1) is 21.8. The number of thiazole rings is 1. The molecule has 3 heterocycles. The molecule has 2 fully saturated rings. The fourth-order valence-electron chi connectivity index (χ4n) is 4.11. The summed E-state index contributed by atoms with van der Waals surface area (Å²) in [5, 5.41) is 5.56. The van der Waals surface area contributed by atoms with Crippen molar-refractivity contribution < 1.29 is 14.3 Å². The molecule has 4 rings (SSSR count). The molecule has 0 saturated carbocycles. The van der Waals surface area contributed by atoms with Gasteiger partial charge in [-0.3, -0.25) is 4.79 Å². The summed E-state index contributed by atoms with van der Waals surface area (Å²) in [7, 11) is 0. The number of carbonyl (C=O) groups is 1. The fraction of sp³-hybridized carbons (Fsp3) is 0.565. The number of rotatable bonds is 8. The number of carbonyl (C=O) groups excluding carboxylic acids is 1. The minimum atomic E-state index is -0.161. The molecule has 0 spiro atoms. The van der Waals surface area contributed by atoms with Crippen molar-refractivity contribution in [2.45, 2.75) is 42.9 Å². The molecule has 7 heteroatoms. The van der Waals surface area contributed by atoms with Gasteiger partial charge in [0.05, 0.1) is 5.92 Å². The first-order valence-corrected chi connectivity index (χ1v) is 12.7. The van der Waals surface area contributed by atoms with E-state index in [1.165, 1.54) is 16.2 Å². The summed E-state index contributed by atoms with van der Waals surface area (Å²) in [6.45, 7) is 3.39. The Morgan fingerprint density at radius 3 is 2.37 bits per heavy atom. The van der Waals surface area contributed by atoms with Gasteiger partial charge in [-0.1, -0.05) is 12.1 Å². The second-order valence-electron chi connectivity index (χ2n) is 8.11. The van der Waals surface area contributed by atoms with E-state index in [4.69, 9.17) is 9.47 Å². The Bertz CT molecular complexity index is 770. The maximum Gasteiger partial charge on any atom is 0.233 e. The largest absolute Gasteiger partial charge is 0.381 e. The molecule has 162 valence electrons. The molecule has 1 aromatic heterocycles. The first-order valence-electron chi connectivity index (χ1n) is 10.9. The molecule has 1 unspecified atom stereocenters. The Balaban J connectivity index is 1.41. The van der Waals surface area contributed by atoms with Crippen LogP contribution in [0.25, 0.3) is 0 Å². The Morgan fingerprint density at radius 1 is 1.07 bits per heavy atom. The Kier molecular flexibility index (Phi) is 8.20. The van der Waals surface area contributed by atoms with Crippen LogP contribution < -0.4 is 5.32 Å². The molecule has 0 aliphatic carbocycles. The van der Waals surface area contributed by atoms with Gasteiger partial charge in [-0.05, 0) is 61.6 Å². The zero-order valence-electron chi connectivity index (χ0n) is 17.3. The van der Waals surface area contributed by atoms with Crippen molar-refractivity contribution in [3.05, 3.63) is 41.4 Å². The van der Waals surface area contributed by atoms with E-state index in [1.54, 1.807) is 6.20 Å². The van der Waals surface area contributed by atoms with Crippen LogP contribution in [0.1, 0.15) is 43.6 Å². The highest BCUT2D eigenvalue weighted by molar-refractivity contribution is 7.99. The van der Waals surface area contributed by atoms with Gasteiger partial charge in [0.2, 0.25) is 5.91 Å². The number of nitrogens with zero attached hydrogens (tertiary/aromatic N) is 1. The summed E-state index contributed by atoms with van der Waals surface area (Å²) < 4.78 is 11.0. The van der Waals surface area contributed by atoms with Gasteiger partial charge in [-0.25, -0.2) is 4.98 Å². The number of hydrogen-bond donors (Lipinski definition) is 1. The van der Waals surface area contributed by atoms with Crippen LogP contribution in [0.3, 0.4) is 0 Å². The molecule has 2 saturated heterocycles. The summed E-state index contributed by atoms with van der Waals surface area (Å²) in [5.74, 6) is 2.28. The van der Waals surface area contributed by atoms with E-state index in [0.29, 0.717) is 11.0 Å². The van der Waals surface area contributed by atoms with Crippen molar-refractivity contribution in [2.24, 2.45) is 11.8 Å². The van der Waals surface area contributed by atoms with E-state index in [9.17, 15) is 4.79 Å². The lowest BCUT2D eigenvalue weighted by atomic mass is 9.84. The topological polar surface area (TPSA) is 60.5 Å². The minimum Gasteiger partial charge on any atom is -0.381 e. The number of hydrogen-bond acceptors (Lipinski definition) is 6. The molecule has 0 bridgehead atoms. The third-order valence-electron chi connectivity index (χ3n) is 6.00. The van der Waals surface area contributed by atoms with Crippen molar-refractivity contribution >= 4 is 34.1 Å². The average Bonchev–Trinajstić information content (AvgIpc) is 3.31. The second-order valence-corrected chi connectivity index (χ2v) is 10.1. The molecule has 2 aliphatic rings. The van der Waals surface area contributed by atoms with E-state index >= 15 is 0 Å². The minimum absolute atomic E-state index is 0.0408. The fourth-order valence-corrected chi connectivity index (χ4v) is 5.73. The molecule has 1 aromatic carbocycles. The zero-order valence-corrected chi connectivity index (χ0v) is 18.9. The van der Waals surface area contributed by atoms with Crippen LogP contribution in [-0.2, 0) is 14.3 Å². The number of aromatic nitrogens is 1. The molecule has 2 aliphatic heterocycles. The second kappa shape index (κ2) is 11.3. The number of benzene rings is 1. The Hall–Kier alpha value is -1.41. The predicted molar refractivity (Wildman–Crippen MR) is 122 cm³/mol. The van der Waals surface area contributed by atoms with Crippen LogP contribution in [0, 0.1) is 11.8 Å². The highest BCUT2D eigenvalue weighted by Crippen LogP contribution is 2.33. The molecule has 1 N–H and O–H groups in total. The van der Waals surface area contributed by atoms with Crippen molar-refractivity contribution in [1.82, 2.24) is 4.98 Å². The van der Waals surface area contributed by atoms with Crippen LogP contribution in [0.5, 0.6) is 0 Å². The van der Waals surface area contributed by atoms with Crippen LogP contribution in [-0.4, -0.2) is 43.1 Å². The smallest absolute Gasteiger partial charge is 0.233 e. The maximum absolute atomic E-state index is 13.1. The van der Waals surface area contributed by atoms with Crippen molar-refractivity contribution in [1.29, 1.82) is 0 Å². The summed E-state index contributed by atoms with van der Waals surface area (Å²) >= 11 is 3.37. The summed E-state index contributed by atoms with van der Waals surface area (Å²) in [5.41, 5.74) is 1.09. The zero-order chi connectivity index (χ0) is 20.6. The van der Waals surface area contributed by atoms with Crippen molar-refractivity contribution in [2.75, 3.05) is 37.5 Å². The number of ether oxygens (including phenoxy) is 2. The summed E-state index contributed by atoms with van der Waals surface area (Å²) in [6, 6.07) is 8.62. The quantitative estimate of drug-likeness (QED) is 0.565. The molecule has 30 heavy (non-hydrogen) atoms. The van der Waals surface area contributed by atoms with Crippen molar-refractivity contribution in [3.63, 3.8) is 0 Å². The number of nitrogens with one attached hydrogen (secondary N) is 1. The Morgan fingerprint density at radius 2 is 1.73 bits per heavy atom. The van der Waals surface area contributed by atoms with Gasteiger partial charge >= 0.3 is 0 Å². The maximum atomic E-state index is 13.1. The van der Waals surface area contributed by atoms with E-state index in [1.807, 2.05) is 17.1 Å². The van der Waals surface area contributed by atoms with Crippen LogP contribution in [0.15, 0.2) is 40.7 Å². The van der Waals surface area contributed by atoms with Gasteiger partial charge in [0.15, 0.2) is 5.13 Å². The van der Waals surface area contributed by atoms with Crippen LogP contribution in [0.4, 0.5) is 5.13 Å². The third kappa shape index (κ3) is 6.30. The molecule has 1 amide bonds. The summed E-state index contributed by atoms with van der Waals surface area (Å²) in [6.07, 6.45) is 6.96. The molecule has 2 aromatic rings. The first-order chi connectivity index (χ1) is 14.8. The van der Waals surface area contributed by atoms with Crippen LogP contribution in [0.2, 0.25) is 0 Å². The highest BCUT2D eigenvalue weighted by atomic mass is 32.2. The number of amides is 1. The van der Waals surface area contributed by atoms with Gasteiger partial charge < -0.3 is 14.8 Å². The molecular weight excluding hydrogens is 416 g/mol. The molecule has 5 nitrogen and oxygen atoms in total. The van der Waals surface area contributed by atoms with E-state index < -0.39 is 0 Å². The normalized spacial score (nSPS) is 19.5. The molecular formula is C23H30N2O3S2. The van der Waals surface area contributed by atoms with E-state index in [-0.39, 0.29) is 11.8 Å². The van der Waals surface area contributed by atoms with Gasteiger partial charge in [0, 0.05) is 48.7 Å². The third-order valence-corrected chi connectivity index (χ3v) is 7.93. The van der Waals surface area contributed by atoms with Crippen molar-refractivity contribution in [3.8, 4) is 0 Å². The Labute approximate surface area is 187 Å². The van der Waals surface area contributed by atoms with Gasteiger partial charge in [-0.15, -0.1) is 23.1 Å². The van der Waals surface area contributed by atoms with E-state index in [0.717, 1.165) is 75.8 Å². The lowest BCUT2D eigenvalue weighted by molar-refractivity contribution is -0.118. The lowest BCUT2D eigenvalue weighted by Gasteiger charge is -2.26. The van der Waals surface area contributed by atoms with Gasteiger partial charge in [0.1, 0.15) is 0 Å². The van der Waals surface area contributed by atoms with E-state index in [2.05, 4.69) is 34.6 Å². The van der Waals surface area contributed by atoms with Crippen LogP contribution >= 0.6 is 23.1 Å². The van der Waals surface area contributed by atoms with Gasteiger partial charge in [-0.2, -0.15) is 0 Å². The number of anilines is 1. The molecule has 0 radical (unpaired) electrons. The highest BCUT2D eigenvalue weighted by Gasteiger charge is 2.27. The predicted octanol–water partition coefficient (Wildman–Crippen LogP) is 5.20. The SMILES string of the molecule is O=C(Nc1nccs1)C(CC1CCOCC1)c1ccc(SCC2CCOCC2)cc1.